The Hall–Kier alpha value is -2.60. The minimum absolute atomic E-state index is 0.482. The smallest absolute Gasteiger partial charge is 0.0124 e. The summed E-state index contributed by atoms with van der Waals surface area (Å²) < 4.78 is 0. The third-order valence-corrected chi connectivity index (χ3v) is 5.35. The molecule has 0 fully saturated rings. The standard InChI is InChI=1S/C24H22/c1-17(21-13-11-19-7-3-5-9-23(19)15-21)18(2)22-14-12-20-8-4-6-10-24(20)16-22/h3-18H,1-2H3/t17-,18-/m1/s1. The van der Waals surface area contributed by atoms with Crippen molar-refractivity contribution in [2.75, 3.05) is 0 Å². The molecule has 0 aromatic heterocycles. The first-order valence-corrected chi connectivity index (χ1v) is 8.70. The largest absolute Gasteiger partial charge is 0.0616 e. The second-order valence-corrected chi connectivity index (χ2v) is 6.79. The van der Waals surface area contributed by atoms with E-state index in [1.54, 1.807) is 0 Å². The van der Waals surface area contributed by atoms with Crippen molar-refractivity contribution in [2.24, 2.45) is 0 Å². The lowest BCUT2D eigenvalue weighted by Gasteiger charge is -2.22. The molecular formula is C24H22. The molecule has 118 valence electrons. The molecule has 0 heteroatoms. The third kappa shape index (κ3) is 2.69. The van der Waals surface area contributed by atoms with Gasteiger partial charge in [0, 0.05) is 0 Å². The minimum Gasteiger partial charge on any atom is -0.0616 e. The Morgan fingerprint density at radius 3 is 1.25 bits per heavy atom. The highest BCUT2D eigenvalue weighted by atomic mass is 14.2. The van der Waals surface area contributed by atoms with Crippen LogP contribution in [0.4, 0.5) is 0 Å². The molecule has 0 saturated carbocycles. The van der Waals surface area contributed by atoms with Gasteiger partial charge in [0.2, 0.25) is 0 Å². The fourth-order valence-electron chi connectivity index (χ4n) is 3.56. The summed E-state index contributed by atoms with van der Waals surface area (Å²) >= 11 is 0. The molecule has 0 N–H and O–H groups in total. The fourth-order valence-corrected chi connectivity index (χ4v) is 3.56. The average molecular weight is 310 g/mol. The Kier molecular flexibility index (Phi) is 3.82. The van der Waals surface area contributed by atoms with Gasteiger partial charge >= 0.3 is 0 Å². The molecule has 0 aliphatic heterocycles. The van der Waals surface area contributed by atoms with Crippen molar-refractivity contribution >= 4 is 21.5 Å². The maximum Gasteiger partial charge on any atom is -0.0124 e. The van der Waals surface area contributed by atoms with E-state index in [0.717, 1.165) is 0 Å². The summed E-state index contributed by atoms with van der Waals surface area (Å²) in [5, 5.41) is 5.28. The number of hydrogen-bond donors (Lipinski definition) is 0. The topological polar surface area (TPSA) is 0 Å². The third-order valence-electron chi connectivity index (χ3n) is 5.35. The highest BCUT2D eigenvalue weighted by molar-refractivity contribution is 5.84. The van der Waals surface area contributed by atoms with Crippen LogP contribution in [0.5, 0.6) is 0 Å². The lowest BCUT2D eigenvalue weighted by molar-refractivity contribution is 0.625. The summed E-state index contributed by atoms with van der Waals surface area (Å²) in [5.74, 6) is 0.964. The lowest BCUT2D eigenvalue weighted by atomic mass is 9.83. The van der Waals surface area contributed by atoms with Crippen molar-refractivity contribution in [3.05, 3.63) is 96.1 Å². The van der Waals surface area contributed by atoms with E-state index in [9.17, 15) is 0 Å². The van der Waals surface area contributed by atoms with E-state index in [4.69, 9.17) is 0 Å². The first-order chi connectivity index (χ1) is 11.7. The molecule has 4 aromatic rings. The number of hydrogen-bond acceptors (Lipinski definition) is 0. The summed E-state index contributed by atoms with van der Waals surface area (Å²) in [7, 11) is 0. The van der Waals surface area contributed by atoms with E-state index in [2.05, 4.69) is 98.8 Å². The Balaban J connectivity index is 1.69. The van der Waals surface area contributed by atoms with Crippen LogP contribution < -0.4 is 0 Å². The van der Waals surface area contributed by atoms with Gasteiger partial charge in [-0.1, -0.05) is 98.8 Å². The Labute approximate surface area is 143 Å². The summed E-state index contributed by atoms with van der Waals surface area (Å²) in [4.78, 5) is 0. The van der Waals surface area contributed by atoms with E-state index in [1.807, 2.05) is 0 Å². The normalized spacial score (nSPS) is 13.9. The fraction of sp³-hybridized carbons (Fsp3) is 0.167. The molecule has 24 heavy (non-hydrogen) atoms. The van der Waals surface area contributed by atoms with Crippen LogP contribution in [0.15, 0.2) is 84.9 Å². The summed E-state index contributed by atoms with van der Waals surface area (Å²) in [6.45, 7) is 4.67. The van der Waals surface area contributed by atoms with E-state index < -0.39 is 0 Å². The van der Waals surface area contributed by atoms with Gasteiger partial charge < -0.3 is 0 Å². The summed E-state index contributed by atoms with van der Waals surface area (Å²) in [5.41, 5.74) is 2.82. The van der Waals surface area contributed by atoms with Crippen LogP contribution in [0.25, 0.3) is 21.5 Å². The summed E-state index contributed by atoms with van der Waals surface area (Å²) in [6, 6.07) is 30.9. The van der Waals surface area contributed by atoms with Crippen molar-refractivity contribution in [3.63, 3.8) is 0 Å². The quantitative estimate of drug-likeness (QED) is 0.386. The molecule has 0 amide bonds. The van der Waals surface area contributed by atoms with E-state index in [0.29, 0.717) is 11.8 Å². The van der Waals surface area contributed by atoms with Crippen LogP contribution in [0.2, 0.25) is 0 Å². The van der Waals surface area contributed by atoms with Crippen molar-refractivity contribution in [2.45, 2.75) is 25.7 Å². The lowest BCUT2D eigenvalue weighted by Crippen LogP contribution is -2.05. The molecule has 0 saturated heterocycles. The van der Waals surface area contributed by atoms with Crippen LogP contribution in [0.3, 0.4) is 0 Å². The molecule has 0 aliphatic carbocycles. The highest BCUT2D eigenvalue weighted by Crippen LogP contribution is 2.34. The van der Waals surface area contributed by atoms with Crippen LogP contribution in [-0.4, -0.2) is 0 Å². The monoisotopic (exact) mass is 310 g/mol. The molecule has 0 spiro atoms. The predicted octanol–water partition coefficient (Wildman–Crippen LogP) is 6.90. The van der Waals surface area contributed by atoms with E-state index in [1.165, 1.54) is 32.7 Å². The zero-order valence-electron chi connectivity index (χ0n) is 14.2. The van der Waals surface area contributed by atoms with Gasteiger partial charge in [-0.05, 0) is 44.5 Å². The molecule has 0 heterocycles. The molecule has 0 unspecified atom stereocenters. The van der Waals surface area contributed by atoms with Gasteiger partial charge in [0.05, 0.1) is 0 Å². The maximum atomic E-state index is 2.34. The highest BCUT2D eigenvalue weighted by Gasteiger charge is 2.17. The van der Waals surface area contributed by atoms with Crippen molar-refractivity contribution in [3.8, 4) is 0 Å². The van der Waals surface area contributed by atoms with Gasteiger partial charge in [0.25, 0.3) is 0 Å². The molecule has 0 nitrogen and oxygen atoms in total. The maximum absolute atomic E-state index is 2.34. The van der Waals surface area contributed by atoms with Gasteiger partial charge in [0.15, 0.2) is 0 Å². The van der Waals surface area contributed by atoms with Crippen LogP contribution in [0, 0.1) is 0 Å². The van der Waals surface area contributed by atoms with Crippen LogP contribution >= 0.6 is 0 Å². The van der Waals surface area contributed by atoms with Gasteiger partial charge in [-0.3, -0.25) is 0 Å². The Morgan fingerprint density at radius 2 is 0.833 bits per heavy atom. The first kappa shape index (κ1) is 15.0. The van der Waals surface area contributed by atoms with Crippen molar-refractivity contribution in [1.82, 2.24) is 0 Å². The van der Waals surface area contributed by atoms with Gasteiger partial charge in [0.1, 0.15) is 0 Å². The van der Waals surface area contributed by atoms with Crippen LogP contribution in [-0.2, 0) is 0 Å². The van der Waals surface area contributed by atoms with E-state index in [-0.39, 0.29) is 0 Å². The van der Waals surface area contributed by atoms with Gasteiger partial charge in [-0.2, -0.15) is 0 Å². The number of rotatable bonds is 3. The van der Waals surface area contributed by atoms with Crippen LogP contribution in [0.1, 0.15) is 36.8 Å². The molecule has 4 rings (SSSR count). The summed E-state index contributed by atoms with van der Waals surface area (Å²) in [6.07, 6.45) is 0. The van der Waals surface area contributed by atoms with Gasteiger partial charge in [-0.15, -0.1) is 0 Å². The Bertz CT molecular complexity index is 913. The second kappa shape index (κ2) is 6.13. The molecule has 0 aliphatic rings. The molecule has 4 aromatic carbocycles. The molecular weight excluding hydrogens is 288 g/mol. The van der Waals surface area contributed by atoms with Crippen molar-refractivity contribution in [1.29, 1.82) is 0 Å². The second-order valence-electron chi connectivity index (χ2n) is 6.79. The molecule has 2 atom stereocenters. The van der Waals surface area contributed by atoms with Gasteiger partial charge in [-0.25, -0.2) is 0 Å². The van der Waals surface area contributed by atoms with E-state index >= 15 is 0 Å². The average Bonchev–Trinajstić information content (AvgIpc) is 2.66. The predicted molar refractivity (Wildman–Crippen MR) is 105 cm³/mol. The molecule has 0 radical (unpaired) electrons. The number of fused-ring (bicyclic) bond motifs is 2. The minimum atomic E-state index is 0.482. The zero-order chi connectivity index (χ0) is 16.5. The molecule has 0 bridgehead atoms. The zero-order valence-corrected chi connectivity index (χ0v) is 14.2. The first-order valence-electron chi connectivity index (χ1n) is 8.70. The SMILES string of the molecule is C[C@@H](c1ccc2ccccc2c1)[C@@H](C)c1ccc2ccccc2c1. The Morgan fingerprint density at radius 1 is 0.458 bits per heavy atom. The number of benzene rings is 4. The van der Waals surface area contributed by atoms with Crippen molar-refractivity contribution < 1.29 is 0 Å².